The van der Waals surface area contributed by atoms with Gasteiger partial charge in [-0.1, -0.05) is 15.9 Å². The van der Waals surface area contributed by atoms with Gasteiger partial charge in [0.25, 0.3) is 5.91 Å². The molecule has 7 nitrogen and oxygen atoms in total. The number of rotatable bonds is 5. The van der Waals surface area contributed by atoms with Gasteiger partial charge in [0.05, 0.1) is 0 Å². The molecular formula is C17H14BrFN6O. The zero-order valence-electron chi connectivity index (χ0n) is 13.3. The van der Waals surface area contributed by atoms with Crippen molar-refractivity contribution in [2.45, 2.75) is 0 Å². The Morgan fingerprint density at radius 3 is 2.35 bits per heavy atom. The van der Waals surface area contributed by atoms with Crippen LogP contribution in [0.15, 0.2) is 59.3 Å². The normalized spacial score (nSPS) is 10.2. The average Bonchev–Trinajstić information content (AvgIpc) is 2.64. The molecule has 1 amide bonds. The second-order valence-electron chi connectivity index (χ2n) is 5.20. The molecule has 0 aliphatic rings. The van der Waals surface area contributed by atoms with E-state index in [1.54, 1.807) is 0 Å². The van der Waals surface area contributed by atoms with E-state index >= 15 is 0 Å². The van der Waals surface area contributed by atoms with Crippen LogP contribution in [-0.4, -0.2) is 15.9 Å². The summed E-state index contributed by atoms with van der Waals surface area (Å²) in [4.78, 5) is 20.2. The first kappa shape index (κ1) is 17.6. The molecule has 9 heteroatoms. The van der Waals surface area contributed by atoms with Crippen molar-refractivity contribution in [1.29, 1.82) is 0 Å². The monoisotopic (exact) mass is 416 g/mol. The van der Waals surface area contributed by atoms with E-state index in [-0.39, 0.29) is 11.5 Å². The highest BCUT2D eigenvalue weighted by atomic mass is 79.9. The number of hydrogen-bond donors (Lipinski definition) is 4. The van der Waals surface area contributed by atoms with Crippen LogP contribution in [0.4, 0.5) is 27.4 Å². The molecule has 3 rings (SSSR count). The number of halogens is 2. The lowest BCUT2D eigenvalue weighted by Crippen LogP contribution is -2.30. The SMILES string of the molecule is Nc1c(NNC(=O)c2ccc(F)cc2)ncnc1Nc1ccc(Br)cc1. The number of nitrogens with two attached hydrogens (primary N) is 1. The molecule has 0 radical (unpaired) electrons. The number of anilines is 4. The topological polar surface area (TPSA) is 105 Å². The maximum atomic E-state index is 12.9. The van der Waals surface area contributed by atoms with Crippen LogP contribution in [0.2, 0.25) is 0 Å². The molecule has 0 fully saturated rings. The molecule has 132 valence electrons. The van der Waals surface area contributed by atoms with Crippen LogP contribution in [0.5, 0.6) is 0 Å². The maximum absolute atomic E-state index is 12.9. The van der Waals surface area contributed by atoms with Crippen molar-refractivity contribution < 1.29 is 9.18 Å². The van der Waals surface area contributed by atoms with E-state index < -0.39 is 11.7 Å². The third-order valence-corrected chi connectivity index (χ3v) is 3.92. The Balaban J connectivity index is 1.69. The number of carbonyl (C=O) groups excluding carboxylic acids is 1. The third-order valence-electron chi connectivity index (χ3n) is 3.39. The lowest BCUT2D eigenvalue weighted by molar-refractivity contribution is 0.0962. The van der Waals surface area contributed by atoms with E-state index in [0.717, 1.165) is 10.2 Å². The molecule has 5 N–H and O–H groups in total. The Morgan fingerprint density at radius 1 is 1.00 bits per heavy atom. The number of carbonyl (C=O) groups is 1. The van der Waals surface area contributed by atoms with Gasteiger partial charge in [-0.2, -0.15) is 0 Å². The number of amides is 1. The van der Waals surface area contributed by atoms with Gasteiger partial charge in [0, 0.05) is 15.7 Å². The van der Waals surface area contributed by atoms with Crippen LogP contribution < -0.4 is 21.9 Å². The van der Waals surface area contributed by atoms with Crippen molar-refractivity contribution in [3.8, 4) is 0 Å². The fourth-order valence-electron chi connectivity index (χ4n) is 2.05. The molecule has 0 spiro atoms. The number of nitrogens with zero attached hydrogens (tertiary/aromatic N) is 2. The Kier molecular flexibility index (Phi) is 5.28. The molecule has 0 aliphatic carbocycles. The summed E-state index contributed by atoms with van der Waals surface area (Å²) in [5.41, 5.74) is 12.5. The molecule has 0 aliphatic heterocycles. The Labute approximate surface area is 157 Å². The first-order chi connectivity index (χ1) is 12.5. The largest absolute Gasteiger partial charge is 0.393 e. The lowest BCUT2D eigenvalue weighted by atomic mass is 10.2. The van der Waals surface area contributed by atoms with E-state index in [4.69, 9.17) is 5.73 Å². The van der Waals surface area contributed by atoms with Crippen LogP contribution in [0.25, 0.3) is 0 Å². The molecule has 0 atom stereocenters. The van der Waals surface area contributed by atoms with Gasteiger partial charge >= 0.3 is 0 Å². The Morgan fingerprint density at radius 2 is 1.65 bits per heavy atom. The highest BCUT2D eigenvalue weighted by Gasteiger charge is 2.10. The summed E-state index contributed by atoms with van der Waals surface area (Å²) in [6, 6.07) is 12.6. The second-order valence-corrected chi connectivity index (χ2v) is 6.12. The average molecular weight is 417 g/mol. The van der Waals surface area contributed by atoms with Crippen molar-refractivity contribution in [2.24, 2.45) is 0 Å². The van der Waals surface area contributed by atoms with Crippen LogP contribution >= 0.6 is 15.9 Å². The molecule has 0 unspecified atom stereocenters. The molecule has 3 aromatic rings. The van der Waals surface area contributed by atoms with Crippen molar-refractivity contribution in [3.05, 3.63) is 70.7 Å². The summed E-state index contributed by atoms with van der Waals surface area (Å²) >= 11 is 3.37. The summed E-state index contributed by atoms with van der Waals surface area (Å²) in [7, 11) is 0. The Hall–Kier alpha value is -3.20. The van der Waals surface area contributed by atoms with Gasteiger partial charge in [-0.25, -0.2) is 14.4 Å². The van der Waals surface area contributed by atoms with Crippen LogP contribution in [-0.2, 0) is 0 Å². The smallest absolute Gasteiger partial charge is 0.269 e. The minimum Gasteiger partial charge on any atom is -0.393 e. The van der Waals surface area contributed by atoms with Gasteiger partial charge in [0.1, 0.15) is 17.8 Å². The maximum Gasteiger partial charge on any atom is 0.269 e. The number of nitrogen functional groups attached to an aromatic ring is 1. The van der Waals surface area contributed by atoms with Gasteiger partial charge in [0.15, 0.2) is 11.6 Å². The third kappa shape index (κ3) is 4.25. The number of hydrogen-bond acceptors (Lipinski definition) is 6. The minimum atomic E-state index is -0.453. The van der Waals surface area contributed by atoms with Crippen LogP contribution in [0, 0.1) is 5.82 Å². The number of nitrogens with one attached hydrogen (secondary N) is 3. The second kappa shape index (κ2) is 7.79. The summed E-state index contributed by atoms with van der Waals surface area (Å²) < 4.78 is 13.9. The molecule has 0 saturated carbocycles. The van der Waals surface area contributed by atoms with E-state index in [9.17, 15) is 9.18 Å². The van der Waals surface area contributed by atoms with Gasteiger partial charge in [-0.05, 0) is 48.5 Å². The molecule has 0 saturated heterocycles. The quantitative estimate of drug-likeness (QED) is 0.474. The zero-order valence-corrected chi connectivity index (χ0v) is 14.9. The standard InChI is InChI=1S/C17H14BrFN6O/c18-11-3-7-13(8-4-11)23-15-14(20)16(22-9-21-15)24-25-17(26)10-1-5-12(19)6-2-10/h1-9H,20H2,(H,25,26)(H2,21,22,23,24). The summed E-state index contributed by atoms with van der Waals surface area (Å²) in [6.07, 6.45) is 1.31. The van der Waals surface area contributed by atoms with E-state index in [2.05, 4.69) is 42.1 Å². The molecule has 2 aromatic carbocycles. The fraction of sp³-hybridized carbons (Fsp3) is 0. The molecule has 0 bridgehead atoms. The minimum absolute atomic E-state index is 0.231. The van der Waals surface area contributed by atoms with E-state index in [0.29, 0.717) is 11.4 Å². The highest BCUT2D eigenvalue weighted by molar-refractivity contribution is 9.10. The van der Waals surface area contributed by atoms with Crippen molar-refractivity contribution in [1.82, 2.24) is 15.4 Å². The molecular weight excluding hydrogens is 403 g/mol. The van der Waals surface area contributed by atoms with Gasteiger partial charge in [0.2, 0.25) is 0 Å². The molecule has 26 heavy (non-hydrogen) atoms. The van der Waals surface area contributed by atoms with Gasteiger partial charge in [-0.3, -0.25) is 15.6 Å². The van der Waals surface area contributed by atoms with E-state index in [1.807, 2.05) is 24.3 Å². The number of hydrazine groups is 1. The fourth-order valence-corrected chi connectivity index (χ4v) is 2.32. The van der Waals surface area contributed by atoms with Gasteiger partial charge < -0.3 is 11.1 Å². The van der Waals surface area contributed by atoms with Crippen LogP contribution in [0.3, 0.4) is 0 Å². The summed E-state index contributed by atoms with van der Waals surface area (Å²) in [5.74, 6) is -0.250. The number of benzene rings is 2. The predicted molar refractivity (Wildman–Crippen MR) is 101 cm³/mol. The first-order valence-electron chi connectivity index (χ1n) is 7.48. The number of aromatic nitrogens is 2. The highest BCUT2D eigenvalue weighted by Crippen LogP contribution is 2.26. The van der Waals surface area contributed by atoms with Crippen LogP contribution in [0.1, 0.15) is 10.4 Å². The van der Waals surface area contributed by atoms with Crippen molar-refractivity contribution >= 4 is 44.8 Å². The van der Waals surface area contributed by atoms with Crippen molar-refractivity contribution in [3.63, 3.8) is 0 Å². The molecule has 1 aromatic heterocycles. The van der Waals surface area contributed by atoms with E-state index in [1.165, 1.54) is 30.6 Å². The summed E-state index contributed by atoms with van der Waals surface area (Å²) in [6.45, 7) is 0. The zero-order chi connectivity index (χ0) is 18.5. The van der Waals surface area contributed by atoms with Gasteiger partial charge in [-0.15, -0.1) is 0 Å². The Bertz CT molecular complexity index is 918. The predicted octanol–water partition coefficient (Wildman–Crippen LogP) is 3.46. The molecule has 1 heterocycles. The first-order valence-corrected chi connectivity index (χ1v) is 8.27. The summed E-state index contributed by atoms with van der Waals surface area (Å²) in [5, 5.41) is 3.07. The van der Waals surface area contributed by atoms with Crippen molar-refractivity contribution in [2.75, 3.05) is 16.5 Å². The lowest BCUT2D eigenvalue weighted by Gasteiger charge is -2.13.